The summed E-state index contributed by atoms with van der Waals surface area (Å²) in [7, 11) is -3.74. The second-order valence-electron chi connectivity index (χ2n) is 5.87. The van der Waals surface area contributed by atoms with Gasteiger partial charge in [-0.25, -0.2) is 13.1 Å². The summed E-state index contributed by atoms with van der Waals surface area (Å²) in [5.74, 6) is 0. The standard InChI is InChI=1S/C18H19N3O2S.ClH/c1-13-5-4-8-18(16(13)11-19)24(22,23)21-12-17-15-7-3-2-6-14(15)9-10-20-17;/h2-8,17,20-21H,9-10,12H2,1H3;1H. The van der Waals surface area contributed by atoms with E-state index in [-0.39, 0.29) is 35.5 Å². The molecule has 0 saturated heterocycles. The molecular weight excluding hydrogens is 358 g/mol. The molecule has 0 aliphatic carbocycles. The van der Waals surface area contributed by atoms with Gasteiger partial charge < -0.3 is 5.32 Å². The molecule has 1 unspecified atom stereocenters. The lowest BCUT2D eigenvalue weighted by atomic mass is 9.95. The molecule has 5 nitrogen and oxygen atoms in total. The van der Waals surface area contributed by atoms with E-state index in [1.165, 1.54) is 11.6 Å². The van der Waals surface area contributed by atoms with Crippen molar-refractivity contribution < 1.29 is 8.42 Å². The molecule has 3 rings (SSSR count). The van der Waals surface area contributed by atoms with Crippen molar-refractivity contribution >= 4 is 22.4 Å². The summed E-state index contributed by atoms with van der Waals surface area (Å²) in [6.07, 6.45) is 0.940. The smallest absolute Gasteiger partial charge is 0.241 e. The van der Waals surface area contributed by atoms with Crippen molar-refractivity contribution in [3.63, 3.8) is 0 Å². The molecule has 2 aromatic rings. The lowest BCUT2D eigenvalue weighted by molar-refractivity contribution is 0.491. The van der Waals surface area contributed by atoms with Crippen molar-refractivity contribution in [1.82, 2.24) is 10.0 Å². The van der Waals surface area contributed by atoms with Gasteiger partial charge in [-0.3, -0.25) is 0 Å². The van der Waals surface area contributed by atoms with Crippen LogP contribution in [-0.4, -0.2) is 21.5 Å². The van der Waals surface area contributed by atoms with Crippen LogP contribution in [0.4, 0.5) is 0 Å². The van der Waals surface area contributed by atoms with Crippen LogP contribution in [0, 0.1) is 18.3 Å². The molecule has 0 amide bonds. The molecule has 0 bridgehead atoms. The molecule has 1 aliphatic rings. The van der Waals surface area contributed by atoms with Crippen LogP contribution in [0.25, 0.3) is 0 Å². The zero-order valence-electron chi connectivity index (χ0n) is 13.8. The predicted octanol–water partition coefficient (Wildman–Crippen LogP) is 2.45. The molecule has 1 aliphatic heterocycles. The van der Waals surface area contributed by atoms with Gasteiger partial charge in [0.15, 0.2) is 0 Å². The van der Waals surface area contributed by atoms with Crippen molar-refractivity contribution in [3.05, 3.63) is 64.7 Å². The minimum Gasteiger partial charge on any atom is -0.308 e. The maximum absolute atomic E-state index is 12.6. The maximum Gasteiger partial charge on any atom is 0.241 e. The molecule has 1 atom stereocenters. The fraction of sp³-hybridized carbons (Fsp3) is 0.278. The third kappa shape index (κ3) is 4.02. The number of hydrogen-bond donors (Lipinski definition) is 2. The number of nitrogens with zero attached hydrogens (tertiary/aromatic N) is 1. The van der Waals surface area contributed by atoms with Gasteiger partial charge in [0.2, 0.25) is 10.0 Å². The largest absolute Gasteiger partial charge is 0.308 e. The van der Waals surface area contributed by atoms with Crippen molar-refractivity contribution in [2.75, 3.05) is 13.1 Å². The van der Waals surface area contributed by atoms with E-state index in [0.717, 1.165) is 18.5 Å². The Morgan fingerprint density at radius 1 is 1.24 bits per heavy atom. The zero-order chi connectivity index (χ0) is 17.2. The van der Waals surface area contributed by atoms with Gasteiger partial charge in [-0.1, -0.05) is 36.4 Å². The van der Waals surface area contributed by atoms with Gasteiger partial charge in [0, 0.05) is 12.6 Å². The first-order valence-corrected chi connectivity index (χ1v) is 9.32. The number of benzene rings is 2. The molecule has 2 aromatic carbocycles. The number of halogens is 1. The van der Waals surface area contributed by atoms with Crippen LogP contribution < -0.4 is 10.0 Å². The molecule has 0 spiro atoms. The first-order valence-electron chi connectivity index (χ1n) is 7.83. The lowest BCUT2D eigenvalue weighted by Gasteiger charge is -2.27. The molecule has 132 valence electrons. The monoisotopic (exact) mass is 377 g/mol. The van der Waals surface area contributed by atoms with Crippen molar-refractivity contribution in [2.24, 2.45) is 0 Å². The second-order valence-corrected chi connectivity index (χ2v) is 7.60. The van der Waals surface area contributed by atoms with Crippen LogP contribution >= 0.6 is 12.4 Å². The third-order valence-electron chi connectivity index (χ3n) is 4.33. The molecule has 0 saturated carbocycles. The molecule has 2 N–H and O–H groups in total. The van der Waals surface area contributed by atoms with Crippen molar-refractivity contribution in [3.8, 4) is 6.07 Å². The van der Waals surface area contributed by atoms with Crippen LogP contribution in [0.3, 0.4) is 0 Å². The predicted molar refractivity (Wildman–Crippen MR) is 99.2 cm³/mol. The number of nitriles is 1. The van der Waals surface area contributed by atoms with E-state index in [2.05, 4.69) is 16.1 Å². The van der Waals surface area contributed by atoms with Crippen LogP contribution in [0.1, 0.15) is 28.3 Å². The lowest BCUT2D eigenvalue weighted by Crippen LogP contribution is -2.39. The van der Waals surface area contributed by atoms with Gasteiger partial charge in [0.05, 0.1) is 10.5 Å². The highest BCUT2D eigenvalue weighted by molar-refractivity contribution is 7.89. The number of sulfonamides is 1. The molecule has 25 heavy (non-hydrogen) atoms. The number of aryl methyl sites for hydroxylation is 1. The quantitative estimate of drug-likeness (QED) is 0.857. The van der Waals surface area contributed by atoms with Gasteiger partial charge >= 0.3 is 0 Å². The average Bonchev–Trinajstić information content (AvgIpc) is 2.59. The van der Waals surface area contributed by atoms with E-state index < -0.39 is 10.0 Å². The fourth-order valence-electron chi connectivity index (χ4n) is 3.05. The highest BCUT2D eigenvalue weighted by Gasteiger charge is 2.24. The van der Waals surface area contributed by atoms with Crippen LogP contribution in [0.15, 0.2) is 47.4 Å². The highest BCUT2D eigenvalue weighted by Crippen LogP contribution is 2.23. The summed E-state index contributed by atoms with van der Waals surface area (Å²) in [6.45, 7) is 2.80. The topological polar surface area (TPSA) is 82.0 Å². The summed E-state index contributed by atoms with van der Waals surface area (Å²) in [6, 6.07) is 14.8. The minimum atomic E-state index is -3.74. The van der Waals surface area contributed by atoms with Crippen LogP contribution in [0.2, 0.25) is 0 Å². The fourth-order valence-corrected chi connectivity index (χ4v) is 4.33. The maximum atomic E-state index is 12.6. The van der Waals surface area contributed by atoms with E-state index >= 15 is 0 Å². The van der Waals surface area contributed by atoms with Gasteiger partial charge in [-0.05, 0) is 42.6 Å². The zero-order valence-corrected chi connectivity index (χ0v) is 15.5. The SMILES string of the molecule is Cc1cccc(S(=O)(=O)NCC2NCCc3ccccc32)c1C#N.Cl. The summed E-state index contributed by atoms with van der Waals surface area (Å²) in [5.41, 5.74) is 3.22. The number of nitrogens with one attached hydrogen (secondary N) is 2. The van der Waals surface area contributed by atoms with Crippen molar-refractivity contribution in [1.29, 1.82) is 5.26 Å². The Morgan fingerprint density at radius 3 is 2.76 bits per heavy atom. The molecule has 0 aromatic heterocycles. The van der Waals surface area contributed by atoms with E-state index in [0.29, 0.717) is 5.56 Å². The highest BCUT2D eigenvalue weighted by atomic mass is 35.5. The number of fused-ring (bicyclic) bond motifs is 1. The number of rotatable bonds is 4. The first kappa shape index (κ1) is 19.4. The first-order chi connectivity index (χ1) is 11.5. The Bertz CT molecular complexity index is 907. The second kappa shape index (κ2) is 7.98. The van der Waals surface area contributed by atoms with E-state index in [1.807, 2.05) is 24.3 Å². The van der Waals surface area contributed by atoms with Gasteiger partial charge in [0.25, 0.3) is 0 Å². The Kier molecular flexibility index (Phi) is 6.20. The van der Waals surface area contributed by atoms with Crippen LogP contribution in [-0.2, 0) is 16.4 Å². The number of hydrogen-bond acceptors (Lipinski definition) is 4. The van der Waals surface area contributed by atoms with Crippen molar-refractivity contribution in [2.45, 2.75) is 24.3 Å². The molecule has 0 radical (unpaired) electrons. The molecule has 7 heteroatoms. The van der Waals surface area contributed by atoms with Gasteiger partial charge in [-0.15, -0.1) is 12.4 Å². The summed E-state index contributed by atoms with van der Waals surface area (Å²) >= 11 is 0. The Morgan fingerprint density at radius 2 is 2.00 bits per heavy atom. The van der Waals surface area contributed by atoms with E-state index in [4.69, 9.17) is 0 Å². The summed E-state index contributed by atoms with van der Waals surface area (Å²) in [5, 5.41) is 12.6. The Hall–Kier alpha value is -1.91. The minimum absolute atomic E-state index is 0. The summed E-state index contributed by atoms with van der Waals surface area (Å²) < 4.78 is 27.9. The average molecular weight is 378 g/mol. The summed E-state index contributed by atoms with van der Waals surface area (Å²) in [4.78, 5) is 0.0362. The molecule has 1 heterocycles. The van der Waals surface area contributed by atoms with Gasteiger partial charge in [0.1, 0.15) is 6.07 Å². The molecule has 0 fully saturated rings. The molecular formula is C18H20ClN3O2S. The normalized spacial score (nSPS) is 16.4. The Labute approximate surface area is 154 Å². The van der Waals surface area contributed by atoms with Gasteiger partial charge in [-0.2, -0.15) is 5.26 Å². The van der Waals surface area contributed by atoms with E-state index in [1.54, 1.807) is 19.1 Å². The Balaban J connectivity index is 0.00000225. The van der Waals surface area contributed by atoms with E-state index in [9.17, 15) is 13.7 Å². The third-order valence-corrected chi connectivity index (χ3v) is 5.79. The van der Waals surface area contributed by atoms with Crippen LogP contribution in [0.5, 0.6) is 0 Å².